The number of likely N-dealkylation sites (tertiary alicyclic amines) is 1. The van der Waals surface area contributed by atoms with Gasteiger partial charge < -0.3 is 14.4 Å². The van der Waals surface area contributed by atoms with E-state index in [4.69, 9.17) is 9.47 Å². The summed E-state index contributed by atoms with van der Waals surface area (Å²) in [7, 11) is 0. The third-order valence-corrected chi connectivity index (χ3v) is 5.63. The van der Waals surface area contributed by atoms with Crippen molar-refractivity contribution in [3.05, 3.63) is 49.1 Å². The number of piperidine rings is 1. The number of ether oxygens (including phenoxy) is 2. The van der Waals surface area contributed by atoms with Crippen molar-refractivity contribution in [1.29, 1.82) is 0 Å². The topological polar surface area (TPSA) is 95.3 Å². The van der Waals surface area contributed by atoms with Crippen LogP contribution < -0.4 is 4.74 Å². The highest BCUT2D eigenvalue weighted by Crippen LogP contribution is 2.33. The van der Waals surface area contributed by atoms with Crippen molar-refractivity contribution < 1.29 is 14.3 Å². The van der Waals surface area contributed by atoms with E-state index in [1.54, 1.807) is 17.3 Å². The average molecular weight is 447 g/mol. The Morgan fingerprint density at radius 2 is 1.85 bits per heavy atom. The van der Waals surface area contributed by atoms with Gasteiger partial charge >= 0.3 is 6.09 Å². The third-order valence-electron chi connectivity index (χ3n) is 5.63. The first-order chi connectivity index (χ1) is 15.9. The summed E-state index contributed by atoms with van der Waals surface area (Å²) in [6.07, 6.45) is 6.27. The lowest BCUT2D eigenvalue weighted by atomic mass is 10.1. The summed E-state index contributed by atoms with van der Waals surface area (Å²) in [6.45, 7) is 6.85. The highest BCUT2D eigenvalue weighted by Gasteiger charge is 2.29. The number of carbonyl (C=O) groups excluding carboxylic acids is 1. The molecule has 4 aromatic rings. The molecule has 0 bridgehead atoms. The fourth-order valence-corrected chi connectivity index (χ4v) is 4.08. The molecule has 33 heavy (non-hydrogen) atoms. The Balaban J connectivity index is 1.36. The molecule has 0 spiro atoms. The zero-order valence-electron chi connectivity index (χ0n) is 18.9. The largest absolute Gasteiger partial charge is 0.444 e. The van der Waals surface area contributed by atoms with Crippen molar-refractivity contribution in [2.75, 3.05) is 13.1 Å². The van der Waals surface area contributed by atoms with E-state index in [1.165, 1.54) is 6.33 Å². The van der Waals surface area contributed by atoms with Crippen LogP contribution in [0.5, 0.6) is 11.6 Å². The SMILES string of the molecule is CC(C)(C)OC(=O)N1CCC(n2ncc3c(Oc4cccc5ncccc45)ncnc32)CC1. The monoisotopic (exact) mass is 446 g/mol. The van der Waals surface area contributed by atoms with Gasteiger partial charge in [0.25, 0.3) is 0 Å². The van der Waals surface area contributed by atoms with E-state index in [0.717, 1.165) is 29.1 Å². The van der Waals surface area contributed by atoms with E-state index in [0.29, 0.717) is 30.4 Å². The van der Waals surface area contributed by atoms with Gasteiger partial charge in [0, 0.05) is 24.7 Å². The maximum atomic E-state index is 12.4. The van der Waals surface area contributed by atoms with E-state index in [-0.39, 0.29) is 12.1 Å². The molecule has 0 aliphatic carbocycles. The molecular formula is C24H26N6O3. The number of nitrogens with zero attached hydrogens (tertiary/aromatic N) is 6. The summed E-state index contributed by atoms with van der Waals surface area (Å²) in [5.41, 5.74) is 1.07. The number of rotatable bonds is 3. The summed E-state index contributed by atoms with van der Waals surface area (Å²) in [5, 5.41) is 6.25. The predicted molar refractivity (Wildman–Crippen MR) is 123 cm³/mol. The lowest BCUT2D eigenvalue weighted by molar-refractivity contribution is 0.0186. The standard InChI is InChI=1S/C24H26N6O3/c1-24(2,3)33-23(31)29-12-9-16(10-13-29)30-21-18(14-28-30)22(27-15-26-21)32-20-8-4-7-19-17(20)6-5-11-25-19/h4-8,11,14-16H,9-10,12-13H2,1-3H3. The molecule has 1 aliphatic rings. The van der Waals surface area contributed by atoms with Gasteiger partial charge in [-0.2, -0.15) is 5.10 Å². The van der Waals surface area contributed by atoms with Gasteiger partial charge in [0.1, 0.15) is 23.1 Å². The molecule has 0 saturated carbocycles. The predicted octanol–water partition coefficient (Wildman–Crippen LogP) is 4.74. The van der Waals surface area contributed by atoms with Crippen LogP contribution in [0.15, 0.2) is 49.1 Å². The Bertz CT molecular complexity index is 1300. The summed E-state index contributed by atoms with van der Waals surface area (Å²) in [4.78, 5) is 27.3. The maximum Gasteiger partial charge on any atom is 0.410 e. The lowest BCUT2D eigenvalue weighted by Crippen LogP contribution is -2.42. The molecule has 170 valence electrons. The van der Waals surface area contributed by atoms with E-state index in [2.05, 4.69) is 20.1 Å². The summed E-state index contributed by atoms with van der Waals surface area (Å²) in [6, 6.07) is 9.73. The second-order valence-corrected chi connectivity index (χ2v) is 9.13. The van der Waals surface area contributed by atoms with Gasteiger partial charge in [-0.05, 0) is 57.9 Å². The number of pyridine rings is 1. The van der Waals surface area contributed by atoms with Crippen LogP contribution in [0.25, 0.3) is 21.9 Å². The molecule has 9 nitrogen and oxygen atoms in total. The Morgan fingerprint density at radius 1 is 1.03 bits per heavy atom. The van der Waals surface area contributed by atoms with Crippen LogP contribution in [0.2, 0.25) is 0 Å². The molecule has 0 unspecified atom stereocenters. The molecule has 1 amide bonds. The van der Waals surface area contributed by atoms with Gasteiger partial charge in [0.05, 0.1) is 17.8 Å². The van der Waals surface area contributed by atoms with Gasteiger partial charge in [-0.1, -0.05) is 6.07 Å². The van der Waals surface area contributed by atoms with E-state index >= 15 is 0 Å². The summed E-state index contributed by atoms with van der Waals surface area (Å²) < 4.78 is 13.6. The van der Waals surface area contributed by atoms with Crippen LogP contribution in [0, 0.1) is 0 Å². The number of hydrogen-bond acceptors (Lipinski definition) is 7. The minimum Gasteiger partial charge on any atom is -0.444 e. The van der Waals surface area contributed by atoms with Crippen LogP contribution >= 0.6 is 0 Å². The smallest absolute Gasteiger partial charge is 0.410 e. The summed E-state index contributed by atoms with van der Waals surface area (Å²) >= 11 is 0. The van der Waals surface area contributed by atoms with Gasteiger partial charge in [-0.15, -0.1) is 0 Å². The molecule has 3 aromatic heterocycles. The van der Waals surface area contributed by atoms with Crippen LogP contribution in [-0.2, 0) is 4.74 Å². The van der Waals surface area contributed by atoms with Crippen LogP contribution in [-0.4, -0.2) is 54.4 Å². The van der Waals surface area contributed by atoms with E-state index in [1.807, 2.05) is 55.8 Å². The Hall–Kier alpha value is -3.75. The average Bonchev–Trinajstić information content (AvgIpc) is 3.23. The Morgan fingerprint density at radius 3 is 2.64 bits per heavy atom. The minimum atomic E-state index is -0.500. The molecule has 9 heteroatoms. The second kappa shape index (κ2) is 8.31. The molecule has 5 rings (SSSR count). The quantitative estimate of drug-likeness (QED) is 0.448. The normalized spacial score (nSPS) is 15.2. The van der Waals surface area contributed by atoms with Gasteiger partial charge in [-0.3, -0.25) is 4.98 Å². The highest BCUT2D eigenvalue weighted by molar-refractivity contribution is 5.86. The molecule has 0 atom stereocenters. The van der Waals surface area contributed by atoms with Crippen LogP contribution in [0.3, 0.4) is 0 Å². The Kier molecular flexibility index (Phi) is 5.32. The zero-order valence-corrected chi connectivity index (χ0v) is 18.9. The molecule has 1 aliphatic heterocycles. The first-order valence-corrected chi connectivity index (χ1v) is 11.1. The number of amides is 1. The van der Waals surface area contributed by atoms with Gasteiger partial charge in [0.15, 0.2) is 5.65 Å². The molecule has 1 fully saturated rings. The van der Waals surface area contributed by atoms with Crippen molar-refractivity contribution in [3.63, 3.8) is 0 Å². The van der Waals surface area contributed by atoms with E-state index in [9.17, 15) is 4.79 Å². The third kappa shape index (κ3) is 4.30. The molecule has 1 aromatic carbocycles. The van der Waals surface area contributed by atoms with E-state index < -0.39 is 5.60 Å². The summed E-state index contributed by atoms with van der Waals surface area (Å²) in [5.74, 6) is 1.13. The van der Waals surface area contributed by atoms with Crippen LogP contribution in [0.1, 0.15) is 39.7 Å². The first kappa shape index (κ1) is 21.1. The first-order valence-electron chi connectivity index (χ1n) is 11.1. The Labute approximate surface area is 191 Å². The lowest BCUT2D eigenvalue weighted by Gasteiger charge is -2.33. The highest BCUT2D eigenvalue weighted by atomic mass is 16.6. The number of carbonyl (C=O) groups is 1. The molecule has 1 saturated heterocycles. The number of fused-ring (bicyclic) bond motifs is 2. The van der Waals surface area contributed by atoms with Crippen molar-refractivity contribution in [2.45, 2.75) is 45.3 Å². The minimum absolute atomic E-state index is 0.130. The van der Waals surface area contributed by atoms with Crippen molar-refractivity contribution >= 4 is 28.0 Å². The second-order valence-electron chi connectivity index (χ2n) is 9.13. The molecular weight excluding hydrogens is 420 g/mol. The molecule has 4 heterocycles. The van der Waals surface area contributed by atoms with Crippen molar-refractivity contribution in [1.82, 2.24) is 29.6 Å². The number of hydrogen-bond donors (Lipinski definition) is 0. The molecule has 0 N–H and O–H groups in total. The number of aromatic nitrogens is 5. The fourth-order valence-electron chi connectivity index (χ4n) is 4.08. The van der Waals surface area contributed by atoms with Crippen molar-refractivity contribution in [2.24, 2.45) is 0 Å². The fraction of sp³-hybridized carbons (Fsp3) is 0.375. The maximum absolute atomic E-state index is 12.4. The number of benzene rings is 1. The zero-order chi connectivity index (χ0) is 23.0. The van der Waals surface area contributed by atoms with Gasteiger partial charge in [-0.25, -0.2) is 19.4 Å². The van der Waals surface area contributed by atoms with Crippen molar-refractivity contribution in [3.8, 4) is 11.6 Å². The van der Waals surface area contributed by atoms with Gasteiger partial charge in [0.2, 0.25) is 5.88 Å². The van der Waals surface area contributed by atoms with Crippen LogP contribution in [0.4, 0.5) is 4.79 Å². The molecule has 0 radical (unpaired) electrons.